The summed E-state index contributed by atoms with van der Waals surface area (Å²) in [6.45, 7) is 1.97. The van der Waals surface area contributed by atoms with Crippen molar-refractivity contribution in [3.63, 3.8) is 0 Å². The summed E-state index contributed by atoms with van der Waals surface area (Å²) in [5.74, 6) is 0.269. The molecule has 0 aliphatic carbocycles. The summed E-state index contributed by atoms with van der Waals surface area (Å²) in [7, 11) is 0. The summed E-state index contributed by atoms with van der Waals surface area (Å²) in [5, 5.41) is 10.6. The van der Waals surface area contributed by atoms with E-state index in [4.69, 9.17) is 16.3 Å². The highest BCUT2D eigenvalue weighted by Gasteiger charge is 2.29. The number of halogens is 2. The number of rotatable bonds is 1. The lowest BCUT2D eigenvalue weighted by Gasteiger charge is -2.30. The minimum Gasteiger partial charge on any atom is -0.485 e. The molecule has 1 heterocycles. The Morgan fingerprint density at radius 1 is 1.20 bits per heavy atom. The second-order valence-corrected chi connectivity index (χ2v) is 5.47. The number of hydrogen-bond acceptors (Lipinski definition) is 2. The Bertz CT molecular complexity index is 657. The molecule has 20 heavy (non-hydrogen) atoms. The SMILES string of the molecule is Cc1ccc2c(c1)[C@H](O)CC(c1ccc(F)cc1Cl)O2. The molecule has 1 aliphatic heterocycles. The highest BCUT2D eigenvalue weighted by molar-refractivity contribution is 6.31. The molecule has 0 aromatic heterocycles. The number of benzene rings is 2. The lowest BCUT2D eigenvalue weighted by atomic mass is 9.94. The van der Waals surface area contributed by atoms with Crippen LogP contribution in [0.5, 0.6) is 5.75 Å². The van der Waals surface area contributed by atoms with Crippen LogP contribution >= 0.6 is 11.6 Å². The molecule has 0 saturated carbocycles. The van der Waals surface area contributed by atoms with Gasteiger partial charge in [0.1, 0.15) is 17.7 Å². The molecule has 0 amide bonds. The minimum absolute atomic E-state index is 0.317. The molecular weight excluding hydrogens is 279 g/mol. The van der Waals surface area contributed by atoms with Crippen molar-refractivity contribution in [2.24, 2.45) is 0 Å². The van der Waals surface area contributed by atoms with Gasteiger partial charge in [0.15, 0.2) is 0 Å². The zero-order valence-corrected chi connectivity index (χ0v) is 11.7. The van der Waals surface area contributed by atoms with E-state index in [0.29, 0.717) is 22.8 Å². The Balaban J connectivity index is 1.97. The van der Waals surface area contributed by atoms with Crippen LogP contribution in [0, 0.1) is 12.7 Å². The molecule has 4 heteroatoms. The Labute approximate surface area is 121 Å². The fourth-order valence-electron chi connectivity index (χ4n) is 2.52. The molecule has 0 bridgehead atoms. The maximum Gasteiger partial charge on any atom is 0.128 e. The quantitative estimate of drug-likeness (QED) is 0.847. The molecule has 1 aliphatic rings. The molecule has 3 rings (SSSR count). The van der Waals surface area contributed by atoms with Crippen LogP contribution in [0.2, 0.25) is 5.02 Å². The fraction of sp³-hybridized carbons (Fsp3) is 0.250. The van der Waals surface area contributed by atoms with Gasteiger partial charge in [-0.15, -0.1) is 0 Å². The Morgan fingerprint density at radius 2 is 2.00 bits per heavy atom. The zero-order valence-electron chi connectivity index (χ0n) is 10.9. The molecule has 0 saturated heterocycles. The number of hydrogen-bond donors (Lipinski definition) is 1. The van der Waals surface area contributed by atoms with Crippen LogP contribution in [0.4, 0.5) is 4.39 Å². The third kappa shape index (κ3) is 2.39. The van der Waals surface area contributed by atoms with Gasteiger partial charge in [-0.1, -0.05) is 29.3 Å². The van der Waals surface area contributed by atoms with Crippen molar-refractivity contribution in [3.05, 3.63) is 63.9 Å². The van der Waals surface area contributed by atoms with E-state index < -0.39 is 6.10 Å². The van der Waals surface area contributed by atoms with Gasteiger partial charge in [0.05, 0.1) is 11.1 Å². The molecule has 2 aromatic rings. The van der Waals surface area contributed by atoms with Crippen molar-refractivity contribution in [1.82, 2.24) is 0 Å². The highest BCUT2D eigenvalue weighted by atomic mass is 35.5. The van der Waals surface area contributed by atoms with E-state index in [2.05, 4.69) is 0 Å². The first kappa shape index (κ1) is 13.4. The van der Waals surface area contributed by atoms with Crippen molar-refractivity contribution in [2.75, 3.05) is 0 Å². The molecule has 104 valence electrons. The highest BCUT2D eigenvalue weighted by Crippen LogP contribution is 2.42. The maximum atomic E-state index is 13.1. The first-order valence-electron chi connectivity index (χ1n) is 6.45. The third-order valence-electron chi connectivity index (χ3n) is 3.54. The van der Waals surface area contributed by atoms with Crippen LogP contribution in [0.15, 0.2) is 36.4 Å². The second kappa shape index (κ2) is 5.08. The van der Waals surface area contributed by atoms with Gasteiger partial charge in [-0.05, 0) is 31.2 Å². The van der Waals surface area contributed by atoms with Crippen LogP contribution in [-0.2, 0) is 0 Å². The number of fused-ring (bicyclic) bond motifs is 1. The topological polar surface area (TPSA) is 29.5 Å². The summed E-state index contributed by atoms with van der Waals surface area (Å²) in [5.41, 5.74) is 2.56. The molecule has 0 radical (unpaired) electrons. The van der Waals surface area contributed by atoms with Gasteiger partial charge in [0, 0.05) is 17.5 Å². The van der Waals surface area contributed by atoms with Crippen molar-refractivity contribution < 1.29 is 14.2 Å². The van der Waals surface area contributed by atoms with Gasteiger partial charge in [0.2, 0.25) is 0 Å². The predicted molar refractivity (Wildman–Crippen MR) is 75.5 cm³/mol. The summed E-state index contributed by atoms with van der Waals surface area (Å²) in [6.07, 6.45) is -0.569. The average Bonchev–Trinajstić information content (AvgIpc) is 2.39. The molecule has 1 unspecified atom stereocenters. The van der Waals surface area contributed by atoms with Gasteiger partial charge in [-0.2, -0.15) is 0 Å². The van der Waals surface area contributed by atoms with Crippen LogP contribution in [0.25, 0.3) is 0 Å². The molecule has 2 aromatic carbocycles. The zero-order chi connectivity index (χ0) is 14.3. The Hall–Kier alpha value is -1.58. The van der Waals surface area contributed by atoms with Crippen molar-refractivity contribution >= 4 is 11.6 Å². The van der Waals surface area contributed by atoms with Gasteiger partial charge in [-0.3, -0.25) is 0 Å². The maximum absolute atomic E-state index is 13.1. The molecular formula is C16H14ClFO2. The monoisotopic (exact) mass is 292 g/mol. The van der Waals surface area contributed by atoms with E-state index >= 15 is 0 Å². The van der Waals surface area contributed by atoms with Gasteiger partial charge >= 0.3 is 0 Å². The standard InChI is InChI=1S/C16H14ClFO2/c1-9-2-5-15-12(6-9)14(19)8-16(20-15)11-4-3-10(18)7-13(11)17/h2-7,14,16,19H,8H2,1H3/t14-,16?/m1/s1. The number of ether oxygens (including phenoxy) is 1. The van der Waals surface area contributed by atoms with E-state index in [-0.39, 0.29) is 11.9 Å². The van der Waals surface area contributed by atoms with E-state index in [0.717, 1.165) is 11.1 Å². The lowest BCUT2D eigenvalue weighted by Crippen LogP contribution is -2.19. The van der Waals surface area contributed by atoms with Crippen molar-refractivity contribution in [2.45, 2.75) is 25.6 Å². The summed E-state index contributed by atoms with van der Waals surface area (Å²) in [6, 6.07) is 9.91. The van der Waals surface area contributed by atoms with E-state index in [1.54, 1.807) is 6.07 Å². The van der Waals surface area contributed by atoms with Gasteiger partial charge in [0.25, 0.3) is 0 Å². The first-order valence-corrected chi connectivity index (χ1v) is 6.82. The van der Waals surface area contributed by atoms with Crippen LogP contribution in [0.1, 0.15) is 35.3 Å². The summed E-state index contributed by atoms with van der Waals surface area (Å²) < 4.78 is 19.0. The van der Waals surface area contributed by atoms with Gasteiger partial charge in [-0.25, -0.2) is 4.39 Å². The van der Waals surface area contributed by atoms with Crippen LogP contribution < -0.4 is 4.74 Å². The van der Waals surface area contributed by atoms with E-state index in [1.807, 2.05) is 25.1 Å². The molecule has 2 atom stereocenters. The smallest absolute Gasteiger partial charge is 0.128 e. The van der Waals surface area contributed by atoms with Gasteiger partial charge < -0.3 is 9.84 Å². The normalized spacial score (nSPS) is 21.2. The summed E-state index contributed by atoms with van der Waals surface area (Å²) in [4.78, 5) is 0. The molecule has 2 nitrogen and oxygen atoms in total. The number of aliphatic hydroxyl groups is 1. The predicted octanol–water partition coefficient (Wildman–Crippen LogP) is 4.34. The van der Waals surface area contributed by atoms with E-state index in [1.165, 1.54) is 12.1 Å². The Morgan fingerprint density at radius 3 is 2.75 bits per heavy atom. The van der Waals surface area contributed by atoms with Crippen molar-refractivity contribution in [3.8, 4) is 5.75 Å². The molecule has 0 spiro atoms. The van der Waals surface area contributed by atoms with Crippen molar-refractivity contribution in [1.29, 1.82) is 0 Å². The number of aryl methyl sites for hydroxylation is 1. The average molecular weight is 293 g/mol. The third-order valence-corrected chi connectivity index (χ3v) is 3.87. The largest absolute Gasteiger partial charge is 0.485 e. The van der Waals surface area contributed by atoms with Crippen LogP contribution in [-0.4, -0.2) is 5.11 Å². The first-order chi connectivity index (χ1) is 9.54. The molecule has 1 N–H and O–H groups in total. The number of aliphatic hydroxyl groups excluding tert-OH is 1. The van der Waals surface area contributed by atoms with Crippen LogP contribution in [0.3, 0.4) is 0 Å². The summed E-state index contributed by atoms with van der Waals surface area (Å²) >= 11 is 6.06. The Kier molecular flexibility index (Phi) is 3.40. The molecule has 0 fully saturated rings. The lowest BCUT2D eigenvalue weighted by molar-refractivity contribution is 0.0657. The second-order valence-electron chi connectivity index (χ2n) is 5.07. The minimum atomic E-state index is -0.607. The fourth-order valence-corrected chi connectivity index (χ4v) is 2.81. The van der Waals surface area contributed by atoms with E-state index in [9.17, 15) is 9.50 Å².